The molecule has 7 heteroatoms. The molecule has 1 aromatic heterocycles. The Morgan fingerprint density at radius 3 is 2.48 bits per heavy atom. The van der Waals surface area contributed by atoms with E-state index in [4.69, 9.17) is 10.9 Å². The fourth-order valence-corrected chi connectivity index (χ4v) is 3.21. The molecule has 1 aromatic rings. The van der Waals surface area contributed by atoms with E-state index in [0.717, 1.165) is 29.0 Å². The van der Waals surface area contributed by atoms with Gasteiger partial charge in [-0.15, -0.1) is 11.3 Å². The highest BCUT2D eigenvalue weighted by molar-refractivity contribution is 7.14. The monoisotopic (exact) mass is 446 g/mol. The minimum atomic E-state index is 0. The Hall–Kier alpha value is -2.71. The fraction of sp³-hybridized carbons (Fsp3) is 0.292. The number of nitrogens with zero attached hydrogens (tertiary/aromatic N) is 1. The summed E-state index contributed by atoms with van der Waals surface area (Å²) in [6, 6.07) is 3.62. The highest BCUT2D eigenvalue weighted by atomic mass is 32.1. The van der Waals surface area contributed by atoms with Crippen molar-refractivity contribution in [2.24, 2.45) is 11.5 Å². The SMILES string of the molecule is C.C=C(/C=C\C=C\NO)c1ccc(C=O)s1.C=C/C=C(N)\C=C/CN1CCCC1.CN. The second kappa shape index (κ2) is 20.6. The fourth-order valence-electron chi connectivity index (χ4n) is 2.44. The van der Waals surface area contributed by atoms with Gasteiger partial charge in [-0.3, -0.25) is 20.4 Å². The average Bonchev–Trinajstić information content (AvgIpc) is 3.45. The van der Waals surface area contributed by atoms with E-state index in [0.29, 0.717) is 4.88 Å². The number of carbonyl (C=O) groups excluding carboxylic acids is 1. The van der Waals surface area contributed by atoms with Crippen LogP contribution in [0.5, 0.6) is 0 Å². The number of allylic oxidation sites excluding steroid dienone is 7. The largest absolute Gasteiger partial charge is 0.399 e. The Labute approximate surface area is 191 Å². The van der Waals surface area contributed by atoms with Gasteiger partial charge >= 0.3 is 0 Å². The van der Waals surface area contributed by atoms with Gasteiger partial charge in [-0.25, -0.2) is 0 Å². The molecule has 0 unspecified atom stereocenters. The summed E-state index contributed by atoms with van der Waals surface area (Å²) in [6.07, 6.45) is 17.6. The first-order chi connectivity index (χ1) is 14.6. The van der Waals surface area contributed by atoms with Crippen molar-refractivity contribution in [1.29, 1.82) is 0 Å². The van der Waals surface area contributed by atoms with Crippen LogP contribution in [-0.4, -0.2) is 43.1 Å². The molecule has 1 aliphatic rings. The number of aldehydes is 1. The molecular weight excluding hydrogens is 408 g/mol. The first kappa shape index (κ1) is 30.5. The first-order valence-corrected chi connectivity index (χ1v) is 10.4. The third kappa shape index (κ3) is 14.8. The van der Waals surface area contributed by atoms with Crippen molar-refractivity contribution in [2.45, 2.75) is 20.3 Å². The van der Waals surface area contributed by atoms with Gasteiger partial charge in [0.15, 0.2) is 6.29 Å². The summed E-state index contributed by atoms with van der Waals surface area (Å²) in [5.74, 6) is 0. The minimum Gasteiger partial charge on any atom is -0.399 e. The lowest BCUT2D eigenvalue weighted by molar-refractivity contribution is 0.112. The van der Waals surface area contributed by atoms with Crippen LogP contribution in [0.25, 0.3) is 5.57 Å². The third-order valence-corrected chi connectivity index (χ3v) is 4.91. The molecule has 2 heterocycles. The standard InChI is InChI=1S/C11H18N2.C11H11NO2S.CH5N.CH4/c1-2-6-11(12)7-5-10-13-8-3-4-9-13;1-9(4-2-3-7-12-14)11-6-5-10(8-13)15-11;1-2;/h2,5-7H,1,3-4,8-10,12H2;2-8,12,14H,1H2;2H2,1H3;1H4/b7-5-,11-6+;4-2-,7-3+;;. The molecule has 0 saturated carbocycles. The van der Waals surface area contributed by atoms with Crippen molar-refractivity contribution in [2.75, 3.05) is 26.7 Å². The van der Waals surface area contributed by atoms with E-state index >= 15 is 0 Å². The van der Waals surface area contributed by atoms with Gasteiger partial charge in [-0.05, 0) is 68.9 Å². The molecule has 0 radical (unpaired) electrons. The van der Waals surface area contributed by atoms with Crippen molar-refractivity contribution in [3.05, 3.63) is 89.5 Å². The smallest absolute Gasteiger partial charge is 0.160 e. The van der Waals surface area contributed by atoms with Gasteiger partial charge in [0.1, 0.15) is 0 Å². The van der Waals surface area contributed by atoms with E-state index < -0.39 is 0 Å². The third-order valence-electron chi connectivity index (χ3n) is 3.82. The molecule has 1 fully saturated rings. The lowest BCUT2D eigenvalue weighted by atomic mass is 10.2. The molecule has 0 amide bonds. The molecular formula is C24H38N4O2S. The second-order valence-corrected chi connectivity index (χ2v) is 7.12. The molecule has 1 saturated heterocycles. The number of carbonyl (C=O) groups is 1. The average molecular weight is 447 g/mol. The van der Waals surface area contributed by atoms with Gasteiger partial charge < -0.3 is 11.5 Å². The maximum Gasteiger partial charge on any atom is 0.160 e. The van der Waals surface area contributed by atoms with Crippen LogP contribution in [0.4, 0.5) is 0 Å². The minimum absolute atomic E-state index is 0. The lowest BCUT2D eigenvalue weighted by Crippen LogP contribution is -2.18. The van der Waals surface area contributed by atoms with Crippen molar-refractivity contribution < 1.29 is 10.0 Å². The van der Waals surface area contributed by atoms with Gasteiger partial charge in [0.05, 0.1) is 4.88 Å². The Balaban J connectivity index is 0. The van der Waals surface area contributed by atoms with Crippen LogP contribution in [-0.2, 0) is 0 Å². The quantitative estimate of drug-likeness (QED) is 0.253. The van der Waals surface area contributed by atoms with Gasteiger partial charge in [-0.2, -0.15) is 0 Å². The molecule has 172 valence electrons. The molecule has 0 aromatic carbocycles. The zero-order chi connectivity index (χ0) is 22.6. The van der Waals surface area contributed by atoms with Crippen molar-refractivity contribution in [1.82, 2.24) is 10.4 Å². The van der Waals surface area contributed by atoms with Crippen LogP contribution in [0.15, 0.2) is 79.7 Å². The summed E-state index contributed by atoms with van der Waals surface area (Å²) < 4.78 is 0. The molecule has 31 heavy (non-hydrogen) atoms. The molecule has 0 spiro atoms. The number of hydroxylamine groups is 1. The topological polar surface area (TPSA) is 105 Å². The second-order valence-electron chi connectivity index (χ2n) is 6.00. The van der Waals surface area contributed by atoms with Crippen LogP contribution in [0.2, 0.25) is 0 Å². The predicted molar refractivity (Wildman–Crippen MR) is 136 cm³/mol. The molecule has 0 atom stereocenters. The zero-order valence-electron chi connectivity index (χ0n) is 17.7. The zero-order valence-corrected chi connectivity index (χ0v) is 18.5. The van der Waals surface area contributed by atoms with Crippen molar-refractivity contribution in [3.63, 3.8) is 0 Å². The Bertz CT molecular complexity index is 743. The van der Waals surface area contributed by atoms with Crippen LogP contribution in [0.1, 0.15) is 34.8 Å². The van der Waals surface area contributed by atoms with E-state index in [-0.39, 0.29) is 7.43 Å². The number of rotatable bonds is 9. The van der Waals surface area contributed by atoms with E-state index in [9.17, 15) is 4.79 Å². The Kier molecular flexibility index (Phi) is 20.2. The molecule has 0 aliphatic carbocycles. The number of likely N-dealkylation sites (tertiary alicyclic amines) is 1. The Morgan fingerprint density at radius 2 is 1.94 bits per heavy atom. The summed E-state index contributed by atoms with van der Waals surface area (Å²) in [4.78, 5) is 14.5. The van der Waals surface area contributed by atoms with E-state index in [1.165, 1.54) is 50.5 Å². The number of thiophene rings is 1. The molecule has 6 N–H and O–H groups in total. The van der Waals surface area contributed by atoms with E-state index in [2.05, 4.69) is 29.9 Å². The number of hydrogen-bond acceptors (Lipinski definition) is 7. The van der Waals surface area contributed by atoms with Crippen LogP contribution >= 0.6 is 11.3 Å². The van der Waals surface area contributed by atoms with Crippen molar-refractivity contribution >= 4 is 23.2 Å². The molecule has 0 bridgehead atoms. The van der Waals surface area contributed by atoms with Crippen LogP contribution in [0, 0.1) is 0 Å². The maximum absolute atomic E-state index is 10.5. The van der Waals surface area contributed by atoms with Gasteiger partial charge in [0, 0.05) is 23.3 Å². The highest BCUT2D eigenvalue weighted by Gasteiger charge is 2.08. The van der Waals surface area contributed by atoms with Crippen molar-refractivity contribution in [3.8, 4) is 0 Å². The number of nitrogens with one attached hydrogen (secondary N) is 1. The molecule has 1 aliphatic heterocycles. The van der Waals surface area contributed by atoms with Gasteiger partial charge in [-0.1, -0.05) is 44.9 Å². The summed E-state index contributed by atoms with van der Waals surface area (Å²) in [6.45, 7) is 10.9. The highest BCUT2D eigenvalue weighted by Crippen LogP contribution is 2.22. The summed E-state index contributed by atoms with van der Waals surface area (Å²) in [7, 11) is 1.50. The summed E-state index contributed by atoms with van der Waals surface area (Å²) in [5, 5.41) is 8.25. The summed E-state index contributed by atoms with van der Waals surface area (Å²) >= 11 is 1.40. The predicted octanol–water partition coefficient (Wildman–Crippen LogP) is 4.50. The number of hydrogen-bond donors (Lipinski definition) is 4. The maximum atomic E-state index is 10.5. The van der Waals surface area contributed by atoms with Crippen LogP contribution < -0.4 is 16.9 Å². The van der Waals surface area contributed by atoms with Gasteiger partial charge in [0.25, 0.3) is 0 Å². The first-order valence-electron chi connectivity index (χ1n) is 9.62. The van der Waals surface area contributed by atoms with E-state index in [1.807, 2.05) is 17.6 Å². The molecule has 6 nitrogen and oxygen atoms in total. The van der Waals surface area contributed by atoms with E-state index in [1.54, 1.807) is 36.4 Å². The number of nitrogens with two attached hydrogens (primary N) is 2. The van der Waals surface area contributed by atoms with Crippen LogP contribution in [0.3, 0.4) is 0 Å². The van der Waals surface area contributed by atoms with Gasteiger partial charge in [0.2, 0.25) is 0 Å². The molecule has 2 rings (SSSR count). The lowest BCUT2D eigenvalue weighted by Gasteiger charge is -2.10. The Morgan fingerprint density at radius 1 is 1.26 bits per heavy atom. The normalized spacial score (nSPS) is 13.8. The summed E-state index contributed by atoms with van der Waals surface area (Å²) in [5.41, 5.74) is 13.6.